The van der Waals surface area contributed by atoms with Gasteiger partial charge in [-0.25, -0.2) is 9.79 Å². The Morgan fingerprint density at radius 1 is 1.20 bits per heavy atom. The second kappa shape index (κ2) is 10.3. The van der Waals surface area contributed by atoms with Crippen molar-refractivity contribution in [3.8, 4) is 0 Å². The number of carbonyl (C=O) groups is 2. The predicted molar refractivity (Wildman–Crippen MR) is 117 cm³/mol. The van der Waals surface area contributed by atoms with Crippen molar-refractivity contribution in [3.05, 3.63) is 29.8 Å². The molecule has 2 unspecified atom stereocenters. The van der Waals surface area contributed by atoms with Crippen molar-refractivity contribution < 1.29 is 14.3 Å². The first-order valence-corrected chi connectivity index (χ1v) is 10.8. The third-order valence-corrected chi connectivity index (χ3v) is 5.73. The summed E-state index contributed by atoms with van der Waals surface area (Å²) in [5.41, 5.74) is 1.80. The number of methoxy groups -OCH3 is 1. The molecule has 164 valence electrons. The number of hydrogen-bond acceptors (Lipinski definition) is 4. The number of benzene rings is 1. The van der Waals surface area contributed by atoms with E-state index in [1.54, 1.807) is 0 Å². The molecule has 1 aromatic rings. The van der Waals surface area contributed by atoms with Gasteiger partial charge in [0.15, 0.2) is 5.96 Å². The van der Waals surface area contributed by atoms with Crippen molar-refractivity contribution in [1.82, 2.24) is 15.1 Å². The molecule has 2 aliphatic heterocycles. The van der Waals surface area contributed by atoms with Gasteiger partial charge in [0.1, 0.15) is 0 Å². The highest BCUT2D eigenvalue weighted by Crippen LogP contribution is 2.24. The third-order valence-electron chi connectivity index (χ3n) is 5.73. The smallest absolute Gasteiger partial charge is 0.321 e. The van der Waals surface area contributed by atoms with Crippen molar-refractivity contribution in [1.29, 1.82) is 0 Å². The van der Waals surface area contributed by atoms with Crippen LogP contribution >= 0.6 is 0 Å². The molecule has 0 bridgehead atoms. The van der Waals surface area contributed by atoms with Crippen LogP contribution in [0.3, 0.4) is 0 Å². The second-order valence-corrected chi connectivity index (χ2v) is 8.01. The monoisotopic (exact) mass is 415 g/mol. The lowest BCUT2D eigenvalue weighted by Gasteiger charge is -2.21. The van der Waals surface area contributed by atoms with E-state index in [4.69, 9.17) is 9.73 Å². The molecule has 3 rings (SSSR count). The minimum Gasteiger partial charge on any atom is -0.469 e. The highest BCUT2D eigenvalue weighted by Gasteiger charge is 2.36. The second-order valence-electron chi connectivity index (χ2n) is 8.01. The molecule has 0 radical (unpaired) electrons. The molecule has 0 aliphatic carbocycles. The van der Waals surface area contributed by atoms with Crippen LogP contribution in [-0.4, -0.2) is 67.6 Å². The quantitative estimate of drug-likeness (QED) is 0.438. The van der Waals surface area contributed by atoms with Crippen LogP contribution in [0.1, 0.15) is 32.3 Å². The van der Waals surface area contributed by atoms with E-state index in [0.717, 1.165) is 56.2 Å². The average molecular weight is 416 g/mol. The number of carbonyl (C=O) groups excluding carboxylic acids is 2. The first-order valence-electron chi connectivity index (χ1n) is 10.8. The van der Waals surface area contributed by atoms with Crippen LogP contribution in [0, 0.1) is 11.8 Å². The summed E-state index contributed by atoms with van der Waals surface area (Å²) < 4.78 is 4.94. The normalized spacial score (nSPS) is 21.6. The first kappa shape index (κ1) is 21.9. The van der Waals surface area contributed by atoms with E-state index in [-0.39, 0.29) is 23.8 Å². The first-order chi connectivity index (χ1) is 14.5. The van der Waals surface area contributed by atoms with Gasteiger partial charge in [-0.2, -0.15) is 0 Å². The van der Waals surface area contributed by atoms with E-state index in [1.165, 1.54) is 7.11 Å². The number of likely N-dealkylation sites (tertiary alicyclic amines) is 2. The molecule has 2 N–H and O–H groups in total. The number of hydrogen-bond donors (Lipinski definition) is 2. The zero-order valence-electron chi connectivity index (χ0n) is 18.2. The third kappa shape index (κ3) is 5.43. The molecule has 0 saturated carbocycles. The number of guanidine groups is 1. The Labute approximate surface area is 178 Å². The van der Waals surface area contributed by atoms with Crippen LogP contribution in [0.4, 0.5) is 10.5 Å². The molecular weight excluding hydrogens is 382 g/mol. The highest BCUT2D eigenvalue weighted by atomic mass is 16.5. The fraction of sp³-hybridized carbons (Fsp3) is 0.591. The van der Waals surface area contributed by atoms with Gasteiger partial charge in [-0.05, 0) is 43.4 Å². The van der Waals surface area contributed by atoms with Crippen LogP contribution < -0.4 is 10.6 Å². The summed E-state index contributed by atoms with van der Waals surface area (Å²) in [4.78, 5) is 33.1. The average Bonchev–Trinajstić information content (AvgIpc) is 3.41. The van der Waals surface area contributed by atoms with E-state index in [0.29, 0.717) is 13.1 Å². The Morgan fingerprint density at radius 3 is 2.67 bits per heavy atom. The van der Waals surface area contributed by atoms with Gasteiger partial charge in [0.2, 0.25) is 0 Å². The molecule has 1 aromatic carbocycles. The molecule has 2 atom stereocenters. The number of urea groups is 1. The minimum absolute atomic E-state index is 0.0404. The fourth-order valence-corrected chi connectivity index (χ4v) is 4.06. The van der Waals surface area contributed by atoms with Gasteiger partial charge < -0.3 is 25.2 Å². The molecule has 2 fully saturated rings. The molecule has 8 heteroatoms. The summed E-state index contributed by atoms with van der Waals surface area (Å²) in [5, 5.41) is 6.31. The Balaban J connectivity index is 1.64. The summed E-state index contributed by atoms with van der Waals surface area (Å²) >= 11 is 0. The van der Waals surface area contributed by atoms with E-state index >= 15 is 0 Å². The fourth-order valence-electron chi connectivity index (χ4n) is 4.06. The van der Waals surface area contributed by atoms with Crippen molar-refractivity contribution in [2.24, 2.45) is 16.8 Å². The maximum atomic E-state index is 12.3. The van der Waals surface area contributed by atoms with E-state index in [9.17, 15) is 9.59 Å². The van der Waals surface area contributed by atoms with Crippen molar-refractivity contribution in [2.45, 2.75) is 33.2 Å². The van der Waals surface area contributed by atoms with Gasteiger partial charge in [-0.3, -0.25) is 4.79 Å². The Morgan fingerprint density at radius 2 is 1.97 bits per heavy atom. The Hall–Kier alpha value is -2.77. The number of nitrogens with zero attached hydrogens (tertiary/aromatic N) is 3. The number of anilines is 1. The largest absolute Gasteiger partial charge is 0.469 e. The van der Waals surface area contributed by atoms with Gasteiger partial charge in [0.05, 0.1) is 19.6 Å². The van der Waals surface area contributed by atoms with Gasteiger partial charge in [0.25, 0.3) is 0 Å². The molecule has 30 heavy (non-hydrogen) atoms. The van der Waals surface area contributed by atoms with Gasteiger partial charge in [0, 0.05) is 38.4 Å². The van der Waals surface area contributed by atoms with Crippen LogP contribution in [-0.2, 0) is 16.1 Å². The lowest BCUT2D eigenvalue weighted by molar-refractivity contribution is -0.145. The molecule has 2 aliphatic rings. The van der Waals surface area contributed by atoms with Crippen LogP contribution in [0.2, 0.25) is 0 Å². The van der Waals surface area contributed by atoms with E-state index < -0.39 is 0 Å². The van der Waals surface area contributed by atoms with Crippen molar-refractivity contribution >= 4 is 23.6 Å². The number of amides is 2. The SMILES string of the molecule is CCNC(=NCc1cccc(NC(=O)N2CCCC2)c1)N1CC(C)C(C(=O)OC)C1. The Kier molecular flexibility index (Phi) is 7.54. The maximum absolute atomic E-state index is 12.3. The molecule has 0 spiro atoms. The van der Waals surface area contributed by atoms with Gasteiger partial charge >= 0.3 is 12.0 Å². The molecule has 0 aromatic heterocycles. The molecule has 2 amide bonds. The molecule has 2 saturated heterocycles. The van der Waals surface area contributed by atoms with Crippen LogP contribution in [0.25, 0.3) is 0 Å². The van der Waals surface area contributed by atoms with Crippen molar-refractivity contribution in [2.75, 3.05) is 45.2 Å². The lowest BCUT2D eigenvalue weighted by atomic mass is 9.99. The maximum Gasteiger partial charge on any atom is 0.321 e. The summed E-state index contributed by atoms with van der Waals surface area (Å²) in [6.45, 7) is 8.34. The Bertz CT molecular complexity index is 776. The number of nitrogens with one attached hydrogen (secondary N) is 2. The lowest BCUT2D eigenvalue weighted by Crippen LogP contribution is -2.40. The number of ether oxygens (including phenoxy) is 1. The summed E-state index contributed by atoms with van der Waals surface area (Å²) in [6.07, 6.45) is 2.14. The van der Waals surface area contributed by atoms with Crippen LogP contribution in [0.5, 0.6) is 0 Å². The molecule has 2 heterocycles. The zero-order chi connectivity index (χ0) is 21.5. The molecule has 8 nitrogen and oxygen atoms in total. The van der Waals surface area contributed by atoms with Gasteiger partial charge in [-0.1, -0.05) is 19.1 Å². The number of esters is 1. The minimum atomic E-state index is -0.165. The standard InChI is InChI=1S/C22H33N5O3/c1-4-23-21(27-14-16(2)19(15-27)20(28)30-3)24-13-17-8-7-9-18(12-17)25-22(29)26-10-5-6-11-26/h7-9,12,16,19H,4-6,10-11,13-15H2,1-3H3,(H,23,24)(H,25,29). The summed E-state index contributed by atoms with van der Waals surface area (Å²) in [6, 6.07) is 7.76. The van der Waals surface area contributed by atoms with E-state index in [2.05, 4.69) is 22.5 Å². The molecular formula is C22H33N5O3. The summed E-state index contributed by atoms with van der Waals surface area (Å²) in [7, 11) is 1.44. The van der Waals surface area contributed by atoms with E-state index in [1.807, 2.05) is 36.1 Å². The summed E-state index contributed by atoms with van der Waals surface area (Å²) in [5.74, 6) is 0.706. The number of aliphatic imine (C=N–C) groups is 1. The predicted octanol–water partition coefficient (Wildman–Crippen LogP) is 2.52. The number of rotatable bonds is 5. The highest BCUT2D eigenvalue weighted by molar-refractivity contribution is 5.89. The van der Waals surface area contributed by atoms with Gasteiger partial charge in [-0.15, -0.1) is 0 Å². The topological polar surface area (TPSA) is 86.3 Å². The van der Waals surface area contributed by atoms with Crippen LogP contribution in [0.15, 0.2) is 29.3 Å². The zero-order valence-corrected chi connectivity index (χ0v) is 18.2. The van der Waals surface area contributed by atoms with Crippen molar-refractivity contribution in [3.63, 3.8) is 0 Å².